The summed E-state index contributed by atoms with van der Waals surface area (Å²) in [7, 11) is 1.31. The van der Waals surface area contributed by atoms with Gasteiger partial charge in [0.2, 0.25) is 0 Å². The van der Waals surface area contributed by atoms with Crippen LogP contribution in [-0.4, -0.2) is 35.0 Å². The van der Waals surface area contributed by atoms with Crippen LogP contribution in [0.3, 0.4) is 0 Å². The van der Waals surface area contributed by atoms with Crippen LogP contribution >= 0.6 is 0 Å². The smallest absolute Gasteiger partial charge is 0.340 e. The summed E-state index contributed by atoms with van der Waals surface area (Å²) < 4.78 is 21.1. The standard InChI is InChI=1S/C24H27FN2O3/c1-14(2)13-26-17(5)22(24(29)30-6)19(23(26)28)12-18-11-15(3)27(16(18)4)21-10-8-7-9-20(21)25/h7-12,14H,13H2,1-6H3. The monoisotopic (exact) mass is 410 g/mol. The third-order valence-electron chi connectivity index (χ3n) is 5.31. The van der Waals surface area contributed by atoms with Gasteiger partial charge in [-0.15, -0.1) is 0 Å². The van der Waals surface area contributed by atoms with Gasteiger partial charge in [-0.3, -0.25) is 4.79 Å². The van der Waals surface area contributed by atoms with Crippen LogP contribution in [0.4, 0.5) is 4.39 Å². The summed E-state index contributed by atoms with van der Waals surface area (Å²) >= 11 is 0. The highest BCUT2D eigenvalue weighted by molar-refractivity contribution is 6.16. The van der Waals surface area contributed by atoms with Crippen LogP contribution in [0.15, 0.2) is 47.2 Å². The summed E-state index contributed by atoms with van der Waals surface area (Å²) in [6.07, 6.45) is 1.71. The van der Waals surface area contributed by atoms with Crippen molar-refractivity contribution in [3.05, 3.63) is 69.9 Å². The van der Waals surface area contributed by atoms with E-state index in [1.807, 2.05) is 33.8 Å². The number of aryl methyl sites for hydroxylation is 1. The maximum atomic E-state index is 14.4. The highest BCUT2D eigenvalue weighted by atomic mass is 19.1. The lowest BCUT2D eigenvalue weighted by atomic mass is 10.0. The van der Waals surface area contributed by atoms with Gasteiger partial charge >= 0.3 is 5.97 Å². The van der Waals surface area contributed by atoms with Crippen molar-refractivity contribution in [2.45, 2.75) is 34.6 Å². The van der Waals surface area contributed by atoms with Crippen molar-refractivity contribution in [2.75, 3.05) is 13.7 Å². The molecule has 0 spiro atoms. The van der Waals surface area contributed by atoms with Gasteiger partial charge in [-0.25, -0.2) is 9.18 Å². The number of aromatic nitrogens is 1. The molecule has 158 valence electrons. The molecule has 0 fully saturated rings. The molecule has 1 amide bonds. The van der Waals surface area contributed by atoms with E-state index in [-0.39, 0.29) is 23.2 Å². The van der Waals surface area contributed by atoms with E-state index < -0.39 is 5.97 Å². The van der Waals surface area contributed by atoms with Gasteiger partial charge in [0.05, 0.1) is 23.9 Å². The van der Waals surface area contributed by atoms with E-state index >= 15 is 0 Å². The number of hydrogen-bond donors (Lipinski definition) is 0. The highest BCUT2D eigenvalue weighted by Gasteiger charge is 2.37. The molecule has 1 aliphatic rings. The number of benzene rings is 1. The van der Waals surface area contributed by atoms with Crippen molar-refractivity contribution in [1.29, 1.82) is 0 Å². The molecule has 0 N–H and O–H groups in total. The van der Waals surface area contributed by atoms with Gasteiger partial charge in [-0.1, -0.05) is 26.0 Å². The van der Waals surface area contributed by atoms with Gasteiger partial charge in [-0.2, -0.15) is 0 Å². The Hall–Kier alpha value is -3.15. The number of ether oxygens (including phenoxy) is 1. The van der Waals surface area contributed by atoms with Gasteiger partial charge < -0.3 is 14.2 Å². The van der Waals surface area contributed by atoms with Gasteiger partial charge in [0.25, 0.3) is 5.91 Å². The van der Waals surface area contributed by atoms with Crippen molar-refractivity contribution >= 4 is 18.0 Å². The average Bonchev–Trinajstić information content (AvgIpc) is 3.09. The number of carbonyl (C=O) groups is 2. The first-order valence-corrected chi connectivity index (χ1v) is 9.94. The number of halogens is 1. The number of esters is 1. The minimum absolute atomic E-state index is 0.225. The summed E-state index contributed by atoms with van der Waals surface area (Å²) in [5, 5.41) is 0. The Balaban J connectivity index is 2.14. The van der Waals surface area contributed by atoms with E-state index in [1.165, 1.54) is 13.2 Å². The lowest BCUT2D eigenvalue weighted by Crippen LogP contribution is -2.28. The van der Waals surface area contributed by atoms with Crippen LogP contribution in [0.1, 0.15) is 37.7 Å². The Kier molecular flexibility index (Phi) is 5.97. The predicted octanol–water partition coefficient (Wildman–Crippen LogP) is 4.56. The summed E-state index contributed by atoms with van der Waals surface area (Å²) in [6, 6.07) is 8.44. The van der Waals surface area contributed by atoms with E-state index in [0.717, 1.165) is 17.0 Å². The van der Waals surface area contributed by atoms with Crippen molar-refractivity contribution in [1.82, 2.24) is 9.47 Å². The molecule has 0 aliphatic carbocycles. The molecule has 0 atom stereocenters. The third kappa shape index (κ3) is 3.70. The zero-order chi connectivity index (χ0) is 22.2. The van der Waals surface area contributed by atoms with Crippen LogP contribution in [0.25, 0.3) is 11.8 Å². The zero-order valence-electron chi connectivity index (χ0n) is 18.2. The molecule has 0 unspecified atom stereocenters. The molecule has 2 heterocycles. The van der Waals surface area contributed by atoms with Crippen LogP contribution in [0.5, 0.6) is 0 Å². The van der Waals surface area contributed by atoms with Gasteiger partial charge in [0, 0.05) is 23.6 Å². The number of para-hydroxylation sites is 1. The van der Waals surface area contributed by atoms with E-state index in [1.54, 1.807) is 40.7 Å². The lowest BCUT2D eigenvalue weighted by molar-refractivity contribution is -0.136. The number of rotatable bonds is 5. The second kappa shape index (κ2) is 8.30. The number of amides is 1. The Morgan fingerprint density at radius 1 is 1.20 bits per heavy atom. The average molecular weight is 410 g/mol. The third-order valence-corrected chi connectivity index (χ3v) is 5.31. The van der Waals surface area contributed by atoms with E-state index in [4.69, 9.17) is 4.74 Å². The van der Waals surface area contributed by atoms with Crippen LogP contribution in [0.2, 0.25) is 0 Å². The number of methoxy groups -OCH3 is 1. The predicted molar refractivity (Wildman–Crippen MR) is 114 cm³/mol. The first-order chi connectivity index (χ1) is 14.2. The SMILES string of the molecule is COC(=O)C1=C(C)N(CC(C)C)C(=O)C1=Cc1cc(C)n(-c2ccccc2F)c1C. The molecule has 0 saturated carbocycles. The van der Waals surface area contributed by atoms with Gasteiger partial charge in [-0.05, 0) is 56.5 Å². The topological polar surface area (TPSA) is 51.5 Å². The fourth-order valence-electron chi connectivity index (χ4n) is 3.91. The maximum Gasteiger partial charge on any atom is 0.340 e. The highest BCUT2D eigenvalue weighted by Crippen LogP contribution is 2.33. The molecule has 0 radical (unpaired) electrons. The summed E-state index contributed by atoms with van der Waals surface area (Å²) in [6.45, 7) is 10.0. The summed E-state index contributed by atoms with van der Waals surface area (Å²) in [4.78, 5) is 27.2. The fourth-order valence-corrected chi connectivity index (χ4v) is 3.91. The minimum Gasteiger partial charge on any atom is -0.465 e. The van der Waals surface area contributed by atoms with Crippen molar-refractivity contribution in [3.63, 3.8) is 0 Å². The molecule has 30 heavy (non-hydrogen) atoms. The quantitative estimate of drug-likeness (QED) is 0.536. The Morgan fingerprint density at radius 3 is 2.47 bits per heavy atom. The molecule has 1 aromatic heterocycles. The fraction of sp³-hybridized carbons (Fsp3) is 0.333. The number of nitrogens with zero attached hydrogens (tertiary/aromatic N) is 2. The normalized spacial score (nSPS) is 15.7. The second-order valence-electron chi connectivity index (χ2n) is 7.93. The molecule has 0 bridgehead atoms. The molecule has 1 aliphatic heterocycles. The van der Waals surface area contributed by atoms with Crippen molar-refractivity contribution < 1.29 is 18.7 Å². The van der Waals surface area contributed by atoms with Crippen molar-refractivity contribution in [2.24, 2.45) is 5.92 Å². The van der Waals surface area contributed by atoms with Crippen molar-refractivity contribution in [3.8, 4) is 5.69 Å². The summed E-state index contributed by atoms with van der Waals surface area (Å²) in [5.41, 5.74) is 3.97. The first-order valence-electron chi connectivity index (χ1n) is 9.94. The van der Waals surface area contributed by atoms with E-state index in [2.05, 4.69) is 0 Å². The Bertz CT molecular complexity index is 1080. The minimum atomic E-state index is -0.540. The van der Waals surface area contributed by atoms with Crippen LogP contribution in [0, 0.1) is 25.6 Å². The molecule has 3 rings (SSSR count). The van der Waals surface area contributed by atoms with E-state index in [0.29, 0.717) is 23.5 Å². The summed E-state index contributed by atoms with van der Waals surface area (Å²) in [5.74, 6) is -0.851. The molecule has 2 aromatic rings. The molecule has 0 saturated heterocycles. The Labute approximate surface area is 176 Å². The number of hydrogen-bond acceptors (Lipinski definition) is 3. The molecular weight excluding hydrogens is 383 g/mol. The van der Waals surface area contributed by atoms with Gasteiger partial charge in [0.15, 0.2) is 0 Å². The first kappa shape index (κ1) is 21.6. The molecule has 6 heteroatoms. The zero-order valence-corrected chi connectivity index (χ0v) is 18.2. The van der Waals surface area contributed by atoms with Gasteiger partial charge in [0.1, 0.15) is 5.82 Å². The Morgan fingerprint density at radius 2 is 1.87 bits per heavy atom. The number of carbonyl (C=O) groups excluding carboxylic acids is 2. The van der Waals surface area contributed by atoms with Crippen LogP contribution < -0.4 is 0 Å². The molecular formula is C24H27FN2O3. The maximum absolute atomic E-state index is 14.4. The van der Waals surface area contributed by atoms with E-state index in [9.17, 15) is 14.0 Å². The number of allylic oxidation sites excluding steroid dienone is 1. The second-order valence-corrected chi connectivity index (χ2v) is 7.93. The molecule has 5 nitrogen and oxygen atoms in total. The molecule has 1 aromatic carbocycles. The van der Waals surface area contributed by atoms with Crippen LogP contribution in [-0.2, 0) is 14.3 Å². The largest absolute Gasteiger partial charge is 0.465 e. The lowest BCUT2D eigenvalue weighted by Gasteiger charge is -2.19.